The molecule has 0 aromatic heterocycles. The predicted molar refractivity (Wildman–Crippen MR) is 61.0 cm³/mol. The van der Waals surface area contributed by atoms with Crippen molar-refractivity contribution in [2.75, 3.05) is 0 Å². The van der Waals surface area contributed by atoms with E-state index in [0.29, 0.717) is 5.75 Å². The predicted octanol–water partition coefficient (Wildman–Crippen LogP) is 1.23. The third kappa shape index (κ3) is 3.59. The van der Waals surface area contributed by atoms with Gasteiger partial charge in [-0.05, 0) is 18.2 Å². The third-order valence-electron chi connectivity index (χ3n) is 1.89. The highest BCUT2D eigenvalue weighted by Crippen LogP contribution is 2.18. The number of allylic oxidation sites excluding steroid dienone is 1. The van der Waals surface area contributed by atoms with E-state index >= 15 is 0 Å². The lowest BCUT2D eigenvalue weighted by Crippen LogP contribution is -2.24. The summed E-state index contributed by atoms with van der Waals surface area (Å²) in [6.45, 7) is 0. The monoisotopic (exact) mass is 244 g/mol. The molecule has 1 atom stereocenters. The van der Waals surface area contributed by atoms with E-state index in [-0.39, 0.29) is 11.3 Å². The number of nitrogens with two attached hydrogens (primary N) is 1. The van der Waals surface area contributed by atoms with Gasteiger partial charge in [-0.25, -0.2) is 0 Å². The Hall–Kier alpha value is -2.90. The zero-order chi connectivity index (χ0) is 13.5. The molecule has 0 aliphatic carbocycles. The normalized spacial score (nSPS) is 10.6. The van der Waals surface area contributed by atoms with Crippen LogP contribution in [0.1, 0.15) is 0 Å². The summed E-state index contributed by atoms with van der Waals surface area (Å²) < 4.78 is 5.16. The van der Waals surface area contributed by atoms with E-state index in [9.17, 15) is 10.1 Å². The second-order valence-corrected chi connectivity index (χ2v) is 3.14. The summed E-state index contributed by atoms with van der Waals surface area (Å²) in [5.74, 6) is 0.305. The molecule has 0 heterocycles. The number of non-ortho nitro benzene ring substituents is 1. The fraction of sp³-hybridized carbons (Fsp3) is 0.0909. The van der Waals surface area contributed by atoms with E-state index in [1.165, 1.54) is 24.3 Å². The van der Waals surface area contributed by atoms with Crippen LogP contribution in [0.5, 0.6) is 5.75 Å². The molecule has 0 saturated heterocycles. The highest BCUT2D eigenvalue weighted by molar-refractivity contribution is 5.38. The maximum atomic E-state index is 10.4. The van der Waals surface area contributed by atoms with E-state index in [0.717, 1.165) is 6.08 Å². The molecule has 2 N–H and O–H groups in total. The molecule has 18 heavy (non-hydrogen) atoms. The molecule has 1 aromatic carbocycles. The zero-order valence-corrected chi connectivity index (χ0v) is 9.11. The summed E-state index contributed by atoms with van der Waals surface area (Å²) in [7, 11) is 0. The van der Waals surface area contributed by atoms with Gasteiger partial charge in [-0.2, -0.15) is 10.5 Å². The number of hydrogen-bond donors (Lipinski definition) is 1. The highest BCUT2D eigenvalue weighted by atomic mass is 16.6. The van der Waals surface area contributed by atoms with Crippen LogP contribution < -0.4 is 10.5 Å². The Morgan fingerprint density at radius 2 is 1.94 bits per heavy atom. The Morgan fingerprint density at radius 3 is 2.39 bits per heavy atom. The molecule has 0 aliphatic rings. The van der Waals surface area contributed by atoms with Crippen molar-refractivity contribution in [1.29, 1.82) is 10.5 Å². The Labute approximate surface area is 102 Å². The molecule has 0 saturated carbocycles. The summed E-state index contributed by atoms with van der Waals surface area (Å²) >= 11 is 0. The molecule has 90 valence electrons. The van der Waals surface area contributed by atoms with E-state index < -0.39 is 11.2 Å². The molecule has 0 bridgehead atoms. The maximum absolute atomic E-state index is 10.4. The van der Waals surface area contributed by atoms with Gasteiger partial charge >= 0.3 is 0 Å². The lowest BCUT2D eigenvalue weighted by Gasteiger charge is -2.09. The fourth-order valence-corrected chi connectivity index (χ4v) is 1.10. The first-order valence-corrected chi connectivity index (χ1v) is 4.75. The van der Waals surface area contributed by atoms with E-state index in [2.05, 4.69) is 0 Å². The number of rotatable bonds is 4. The Balaban J connectivity index is 2.75. The van der Waals surface area contributed by atoms with Gasteiger partial charge in [0.1, 0.15) is 23.5 Å². The molecule has 1 rings (SSSR count). The van der Waals surface area contributed by atoms with Crippen LogP contribution in [0.25, 0.3) is 0 Å². The van der Waals surface area contributed by atoms with Crippen LogP contribution in [0.3, 0.4) is 0 Å². The standard InChI is InChI=1S/C11H8N4O3/c12-6-8(7-13)5-11(14)18-10-3-1-9(2-4-10)15(16)17/h1-5,11H,14H2. The van der Waals surface area contributed by atoms with Crippen molar-refractivity contribution < 1.29 is 9.66 Å². The Bertz CT molecular complexity index is 535. The maximum Gasteiger partial charge on any atom is 0.269 e. The van der Waals surface area contributed by atoms with Crippen LogP contribution in [-0.2, 0) is 0 Å². The number of nitro benzene ring substituents is 1. The minimum absolute atomic E-state index is 0.0683. The Kier molecular flexibility index (Phi) is 4.38. The van der Waals surface area contributed by atoms with E-state index in [1.807, 2.05) is 0 Å². The lowest BCUT2D eigenvalue weighted by atomic mass is 10.3. The first kappa shape index (κ1) is 13.2. The van der Waals surface area contributed by atoms with Gasteiger partial charge in [0.15, 0.2) is 6.23 Å². The molecule has 7 heteroatoms. The first-order chi connectivity index (χ1) is 8.56. The lowest BCUT2D eigenvalue weighted by molar-refractivity contribution is -0.384. The molecule has 1 unspecified atom stereocenters. The van der Waals surface area contributed by atoms with Crippen LogP contribution in [0.4, 0.5) is 5.69 Å². The summed E-state index contributed by atoms with van der Waals surface area (Å²) in [4.78, 5) is 9.88. The molecule has 0 spiro atoms. The molecular formula is C11H8N4O3. The van der Waals surface area contributed by atoms with Gasteiger partial charge in [0.05, 0.1) is 4.92 Å². The highest BCUT2D eigenvalue weighted by Gasteiger charge is 2.07. The number of ether oxygens (including phenoxy) is 1. The van der Waals surface area contributed by atoms with Crippen molar-refractivity contribution in [2.45, 2.75) is 6.23 Å². The SMILES string of the molecule is N#CC(C#N)=CC(N)Oc1ccc([N+](=O)[O-])cc1. The van der Waals surface area contributed by atoms with Crippen LogP contribution >= 0.6 is 0 Å². The minimum Gasteiger partial charge on any atom is -0.472 e. The van der Waals surface area contributed by atoms with E-state index in [4.69, 9.17) is 21.0 Å². The number of hydrogen-bond acceptors (Lipinski definition) is 6. The average Bonchev–Trinajstić information content (AvgIpc) is 2.36. The summed E-state index contributed by atoms with van der Waals surface area (Å²) in [6, 6.07) is 8.58. The van der Waals surface area contributed by atoms with Gasteiger partial charge in [0, 0.05) is 12.1 Å². The summed E-state index contributed by atoms with van der Waals surface area (Å²) in [5.41, 5.74) is 5.29. The smallest absolute Gasteiger partial charge is 0.269 e. The summed E-state index contributed by atoms with van der Waals surface area (Å²) in [6.07, 6.45) is 0.183. The van der Waals surface area contributed by atoms with Gasteiger partial charge in [0.2, 0.25) is 0 Å². The second kappa shape index (κ2) is 5.99. The Morgan fingerprint density at radius 1 is 1.39 bits per heavy atom. The van der Waals surface area contributed by atoms with Crippen molar-refractivity contribution in [3.63, 3.8) is 0 Å². The molecule has 7 nitrogen and oxygen atoms in total. The second-order valence-electron chi connectivity index (χ2n) is 3.14. The number of benzene rings is 1. The quantitative estimate of drug-likeness (QED) is 0.367. The topological polar surface area (TPSA) is 126 Å². The van der Waals surface area contributed by atoms with Crippen molar-refractivity contribution in [3.05, 3.63) is 46.0 Å². The molecule has 0 aliphatic heterocycles. The zero-order valence-electron chi connectivity index (χ0n) is 9.11. The number of nitrogens with zero attached hydrogens (tertiary/aromatic N) is 3. The first-order valence-electron chi connectivity index (χ1n) is 4.75. The van der Waals surface area contributed by atoms with Gasteiger partial charge in [0.25, 0.3) is 5.69 Å². The summed E-state index contributed by atoms with van der Waals surface area (Å²) in [5, 5.41) is 27.4. The largest absolute Gasteiger partial charge is 0.472 e. The number of nitriles is 2. The van der Waals surface area contributed by atoms with Gasteiger partial charge in [-0.15, -0.1) is 0 Å². The van der Waals surface area contributed by atoms with Crippen molar-refractivity contribution in [1.82, 2.24) is 0 Å². The third-order valence-corrected chi connectivity index (χ3v) is 1.89. The molecule has 0 fully saturated rings. The van der Waals surface area contributed by atoms with Crippen molar-refractivity contribution in [3.8, 4) is 17.9 Å². The molecule has 0 amide bonds. The minimum atomic E-state index is -0.972. The van der Waals surface area contributed by atoms with E-state index in [1.54, 1.807) is 12.1 Å². The van der Waals surface area contributed by atoms with Crippen LogP contribution in [0.15, 0.2) is 35.9 Å². The molecule has 1 aromatic rings. The van der Waals surface area contributed by atoms with Crippen LogP contribution in [0, 0.1) is 32.8 Å². The van der Waals surface area contributed by atoms with Gasteiger partial charge in [-0.3, -0.25) is 15.8 Å². The van der Waals surface area contributed by atoms with Crippen LogP contribution in [-0.4, -0.2) is 11.2 Å². The molecular weight excluding hydrogens is 236 g/mol. The van der Waals surface area contributed by atoms with Crippen molar-refractivity contribution >= 4 is 5.69 Å². The fourth-order valence-electron chi connectivity index (χ4n) is 1.10. The van der Waals surface area contributed by atoms with Gasteiger partial charge < -0.3 is 4.74 Å². The van der Waals surface area contributed by atoms with Gasteiger partial charge in [-0.1, -0.05) is 0 Å². The molecule has 0 radical (unpaired) electrons. The number of nitro groups is 1. The van der Waals surface area contributed by atoms with Crippen LogP contribution in [0.2, 0.25) is 0 Å². The average molecular weight is 244 g/mol. The van der Waals surface area contributed by atoms with Crippen molar-refractivity contribution in [2.24, 2.45) is 5.73 Å².